The van der Waals surface area contributed by atoms with Crippen LogP contribution in [0.25, 0.3) is 11.1 Å². The van der Waals surface area contributed by atoms with E-state index in [1.165, 1.54) is 6.26 Å². The quantitative estimate of drug-likeness (QED) is 0.578. The normalized spacial score (nSPS) is 16.2. The minimum atomic E-state index is -3.23. The maximum atomic E-state index is 13.3. The van der Waals surface area contributed by atoms with E-state index in [9.17, 15) is 13.2 Å². The van der Waals surface area contributed by atoms with Crippen molar-refractivity contribution in [3.63, 3.8) is 0 Å². The van der Waals surface area contributed by atoms with Gasteiger partial charge in [-0.1, -0.05) is 42.5 Å². The van der Waals surface area contributed by atoms with Gasteiger partial charge in [0.2, 0.25) is 6.79 Å². The topological polar surface area (TPSA) is 69.7 Å². The summed E-state index contributed by atoms with van der Waals surface area (Å²) in [5.41, 5.74) is 3.38. The second kappa shape index (κ2) is 7.24. The van der Waals surface area contributed by atoms with Crippen LogP contribution in [0.1, 0.15) is 24.0 Å². The zero-order valence-electron chi connectivity index (χ0n) is 17.1. The number of ketones is 1. The Balaban J connectivity index is 1.37. The summed E-state index contributed by atoms with van der Waals surface area (Å²) in [6, 6.07) is 20.5. The molecule has 5 rings (SSSR count). The molecule has 31 heavy (non-hydrogen) atoms. The maximum Gasteiger partial charge on any atom is 0.231 e. The molecule has 0 aromatic heterocycles. The molecule has 0 amide bonds. The van der Waals surface area contributed by atoms with Gasteiger partial charge < -0.3 is 9.47 Å². The van der Waals surface area contributed by atoms with Gasteiger partial charge in [0.05, 0.1) is 10.3 Å². The lowest BCUT2D eigenvalue weighted by Crippen LogP contribution is -2.22. The predicted octanol–water partition coefficient (Wildman–Crippen LogP) is 4.33. The van der Waals surface area contributed by atoms with Gasteiger partial charge in [-0.2, -0.15) is 0 Å². The number of carbonyl (C=O) groups is 1. The van der Waals surface area contributed by atoms with E-state index in [0.717, 1.165) is 40.8 Å². The second-order valence-electron chi connectivity index (χ2n) is 8.25. The lowest BCUT2D eigenvalue weighted by atomic mass is 9.87. The summed E-state index contributed by atoms with van der Waals surface area (Å²) < 4.78 is 34.2. The van der Waals surface area contributed by atoms with Gasteiger partial charge in [0.15, 0.2) is 21.3 Å². The van der Waals surface area contributed by atoms with Crippen molar-refractivity contribution in [3.8, 4) is 22.6 Å². The van der Waals surface area contributed by atoms with Crippen LogP contribution in [0.4, 0.5) is 0 Å². The van der Waals surface area contributed by atoms with E-state index in [0.29, 0.717) is 17.1 Å². The minimum absolute atomic E-state index is 0.205. The predicted molar refractivity (Wildman–Crippen MR) is 117 cm³/mol. The molecule has 2 aliphatic rings. The number of ether oxygens (including phenoxy) is 2. The van der Waals surface area contributed by atoms with Crippen molar-refractivity contribution >= 4 is 15.6 Å². The summed E-state index contributed by atoms with van der Waals surface area (Å²) in [6.45, 7) is 0.220. The molecule has 0 radical (unpaired) electrons. The first-order valence-electron chi connectivity index (χ1n) is 10.2. The first-order valence-corrected chi connectivity index (χ1v) is 12.1. The van der Waals surface area contributed by atoms with E-state index in [1.807, 2.05) is 42.5 Å². The van der Waals surface area contributed by atoms with Crippen LogP contribution in [-0.4, -0.2) is 27.2 Å². The van der Waals surface area contributed by atoms with Crippen molar-refractivity contribution in [2.24, 2.45) is 0 Å². The van der Waals surface area contributed by atoms with Gasteiger partial charge in [-0.3, -0.25) is 4.79 Å². The van der Waals surface area contributed by atoms with E-state index in [4.69, 9.17) is 9.47 Å². The van der Waals surface area contributed by atoms with E-state index < -0.39 is 15.3 Å². The number of benzene rings is 3. The molecule has 0 atom stereocenters. The summed E-state index contributed by atoms with van der Waals surface area (Å²) in [5.74, 6) is 1.63. The van der Waals surface area contributed by atoms with E-state index in [-0.39, 0.29) is 12.6 Å². The van der Waals surface area contributed by atoms with Gasteiger partial charge in [-0.25, -0.2) is 8.42 Å². The van der Waals surface area contributed by atoms with Crippen LogP contribution in [0.2, 0.25) is 0 Å². The Bertz CT molecular complexity index is 1270. The van der Waals surface area contributed by atoms with Crippen molar-refractivity contribution in [1.29, 1.82) is 0 Å². The van der Waals surface area contributed by atoms with E-state index in [2.05, 4.69) is 0 Å². The number of hydrogen-bond acceptors (Lipinski definition) is 5. The standard InChI is InChI=1S/C25H22O5S/c1-31(27,28)21-8-5-18(6-9-21)19-4-2-3-17(13-19)14-24(26)25(11-12-25)20-7-10-22-23(15-20)30-16-29-22/h2-10,13,15H,11-12,14,16H2,1H3. The highest BCUT2D eigenvalue weighted by atomic mass is 32.2. The van der Waals surface area contributed by atoms with Crippen LogP contribution in [-0.2, 0) is 26.5 Å². The highest BCUT2D eigenvalue weighted by molar-refractivity contribution is 7.90. The molecule has 0 unspecified atom stereocenters. The van der Waals surface area contributed by atoms with Gasteiger partial charge in [-0.15, -0.1) is 0 Å². The van der Waals surface area contributed by atoms with Crippen LogP contribution in [0.3, 0.4) is 0 Å². The van der Waals surface area contributed by atoms with Crippen LogP contribution < -0.4 is 9.47 Å². The molecule has 158 valence electrons. The molecule has 0 N–H and O–H groups in total. The Hall–Kier alpha value is -3.12. The molecule has 1 aliphatic heterocycles. The molecular formula is C25H22O5S. The van der Waals surface area contributed by atoms with Gasteiger partial charge in [0, 0.05) is 12.7 Å². The zero-order valence-corrected chi connectivity index (χ0v) is 17.9. The third-order valence-electron chi connectivity index (χ3n) is 6.12. The first kappa shape index (κ1) is 19.8. The number of sulfone groups is 1. The van der Waals surface area contributed by atoms with Crippen LogP contribution in [0.5, 0.6) is 11.5 Å². The summed E-state index contributed by atoms with van der Waals surface area (Å²) in [6.07, 6.45) is 3.24. The maximum absolute atomic E-state index is 13.3. The van der Waals surface area contributed by atoms with Crippen LogP contribution >= 0.6 is 0 Å². The second-order valence-corrected chi connectivity index (χ2v) is 10.3. The highest BCUT2D eigenvalue weighted by Crippen LogP contribution is 2.51. The third-order valence-corrected chi connectivity index (χ3v) is 7.24. The van der Waals surface area contributed by atoms with Crippen molar-refractivity contribution in [2.45, 2.75) is 29.6 Å². The molecule has 1 aliphatic carbocycles. The van der Waals surface area contributed by atoms with Gasteiger partial charge in [0.1, 0.15) is 5.78 Å². The molecule has 1 heterocycles. The molecular weight excluding hydrogens is 412 g/mol. The lowest BCUT2D eigenvalue weighted by Gasteiger charge is -2.15. The fraction of sp³-hybridized carbons (Fsp3) is 0.240. The molecule has 3 aromatic rings. The SMILES string of the molecule is CS(=O)(=O)c1ccc(-c2cccc(CC(=O)C3(c4ccc5c(c4)OCO5)CC3)c2)cc1. The average Bonchev–Trinajstić information content (AvgIpc) is 3.44. The molecule has 0 saturated heterocycles. The largest absolute Gasteiger partial charge is 0.454 e. The molecule has 6 heteroatoms. The fourth-order valence-electron chi connectivity index (χ4n) is 4.16. The van der Waals surface area contributed by atoms with Crippen molar-refractivity contribution < 1.29 is 22.7 Å². The summed E-state index contributed by atoms with van der Waals surface area (Å²) >= 11 is 0. The van der Waals surface area contributed by atoms with E-state index >= 15 is 0 Å². The van der Waals surface area contributed by atoms with Crippen LogP contribution in [0.15, 0.2) is 71.6 Å². The summed E-state index contributed by atoms with van der Waals surface area (Å²) in [5, 5.41) is 0. The number of hydrogen-bond donors (Lipinski definition) is 0. The molecule has 3 aromatic carbocycles. The van der Waals surface area contributed by atoms with Gasteiger partial charge >= 0.3 is 0 Å². The van der Waals surface area contributed by atoms with E-state index in [1.54, 1.807) is 24.3 Å². The number of fused-ring (bicyclic) bond motifs is 1. The zero-order chi connectivity index (χ0) is 21.6. The Kier molecular flexibility index (Phi) is 4.63. The highest BCUT2D eigenvalue weighted by Gasteiger charge is 2.50. The Morgan fingerprint density at radius 2 is 1.65 bits per heavy atom. The first-order chi connectivity index (χ1) is 14.8. The summed E-state index contributed by atoms with van der Waals surface area (Å²) in [4.78, 5) is 13.6. The average molecular weight is 435 g/mol. The Morgan fingerprint density at radius 3 is 2.35 bits per heavy atom. The Labute approximate surface area is 181 Å². The third kappa shape index (κ3) is 3.72. The molecule has 5 nitrogen and oxygen atoms in total. The molecule has 1 fully saturated rings. The van der Waals surface area contributed by atoms with Crippen molar-refractivity contribution in [3.05, 3.63) is 77.9 Å². The monoisotopic (exact) mass is 434 g/mol. The lowest BCUT2D eigenvalue weighted by molar-refractivity contribution is -0.120. The van der Waals surface area contributed by atoms with Gasteiger partial charge in [-0.05, 0) is 59.4 Å². The molecule has 0 bridgehead atoms. The molecule has 1 saturated carbocycles. The van der Waals surface area contributed by atoms with Crippen molar-refractivity contribution in [2.75, 3.05) is 13.0 Å². The minimum Gasteiger partial charge on any atom is -0.454 e. The van der Waals surface area contributed by atoms with Crippen LogP contribution in [0, 0.1) is 0 Å². The smallest absolute Gasteiger partial charge is 0.231 e. The fourth-order valence-corrected chi connectivity index (χ4v) is 4.79. The number of carbonyl (C=O) groups excluding carboxylic acids is 1. The molecule has 0 spiro atoms. The number of Topliss-reactive ketones (excluding diaryl/α,β-unsaturated/α-hetero) is 1. The number of rotatable bonds is 6. The van der Waals surface area contributed by atoms with Crippen molar-refractivity contribution in [1.82, 2.24) is 0 Å². The Morgan fingerprint density at radius 1 is 0.903 bits per heavy atom. The van der Waals surface area contributed by atoms with Gasteiger partial charge in [0.25, 0.3) is 0 Å². The summed E-state index contributed by atoms with van der Waals surface area (Å²) in [7, 11) is -3.23.